The number of imidazole rings is 1. The Morgan fingerprint density at radius 2 is 1.76 bits per heavy atom. The number of benzene rings is 3. The Morgan fingerprint density at radius 1 is 1.03 bits per heavy atom. The number of amides is 1. The number of carbonyl (C=O) groups is 1. The molecule has 4 aromatic rings. The Morgan fingerprint density at radius 3 is 2.48 bits per heavy atom. The molecule has 33 heavy (non-hydrogen) atoms. The minimum absolute atomic E-state index is 0.103. The number of halogens is 1. The maximum atomic E-state index is 13.4. The molecule has 170 valence electrons. The molecule has 0 saturated carbocycles. The summed E-state index contributed by atoms with van der Waals surface area (Å²) >= 11 is 0. The van der Waals surface area contributed by atoms with E-state index < -0.39 is 0 Å². The highest BCUT2D eigenvalue weighted by Gasteiger charge is 2.26. The molecule has 1 heterocycles. The Kier molecular flexibility index (Phi) is 7.18. The van der Waals surface area contributed by atoms with E-state index in [9.17, 15) is 9.18 Å². The number of rotatable bonds is 9. The molecule has 0 unspecified atom stereocenters. The number of hydrogen-bond acceptors (Lipinski definition) is 1. The average Bonchev–Trinajstić information content (AvgIpc) is 3.20. The van der Waals surface area contributed by atoms with E-state index in [4.69, 9.17) is 0 Å². The first-order valence-corrected chi connectivity index (χ1v) is 11.7. The summed E-state index contributed by atoms with van der Waals surface area (Å²) in [5.41, 5.74) is 4.84. The molecule has 5 heteroatoms. The number of hydrogen-bond donors (Lipinski definition) is 2. The van der Waals surface area contributed by atoms with Gasteiger partial charge in [-0.05, 0) is 59.4 Å². The summed E-state index contributed by atoms with van der Waals surface area (Å²) in [5, 5.41) is 3.11. The standard InChI is InChI=1S/C28H30FN3O/c1-3-4-8-20(2)18-30-28(33)27-31-25-16-13-23(22-11-14-24(29)15-12-22)17-26(25)32(27)19-21-9-6-5-7-10-21/h5-7,9-17,20H,3-4,8,18-19H2,1-2H3,(H,30,33)/p+1/t20-/m0/s1. The highest BCUT2D eigenvalue weighted by molar-refractivity contribution is 5.92. The van der Waals surface area contributed by atoms with Crippen molar-refractivity contribution in [3.63, 3.8) is 0 Å². The molecule has 1 amide bonds. The summed E-state index contributed by atoms with van der Waals surface area (Å²) in [6, 6.07) is 22.6. The number of carbonyl (C=O) groups excluding carboxylic acids is 1. The fourth-order valence-electron chi connectivity index (χ4n) is 4.11. The van der Waals surface area contributed by atoms with E-state index in [1.165, 1.54) is 18.6 Å². The molecular weight excluding hydrogens is 413 g/mol. The molecule has 0 aliphatic rings. The largest absolute Gasteiger partial charge is 0.346 e. The van der Waals surface area contributed by atoms with Gasteiger partial charge < -0.3 is 5.32 Å². The van der Waals surface area contributed by atoms with Crippen molar-refractivity contribution in [2.24, 2.45) is 5.92 Å². The molecule has 1 atom stereocenters. The normalized spacial score (nSPS) is 12.1. The van der Waals surface area contributed by atoms with Gasteiger partial charge in [-0.25, -0.2) is 13.9 Å². The molecule has 0 bridgehead atoms. The van der Waals surface area contributed by atoms with Gasteiger partial charge in [-0.2, -0.15) is 0 Å². The summed E-state index contributed by atoms with van der Waals surface area (Å²) in [4.78, 5) is 16.5. The lowest BCUT2D eigenvalue weighted by molar-refractivity contribution is -0.664. The fourth-order valence-corrected chi connectivity index (χ4v) is 4.11. The average molecular weight is 445 g/mol. The van der Waals surface area contributed by atoms with Crippen molar-refractivity contribution in [3.8, 4) is 11.1 Å². The molecule has 0 radical (unpaired) electrons. The monoisotopic (exact) mass is 444 g/mol. The number of fused-ring (bicyclic) bond motifs is 1. The van der Waals surface area contributed by atoms with E-state index in [-0.39, 0.29) is 11.7 Å². The van der Waals surface area contributed by atoms with E-state index in [2.05, 4.69) is 42.3 Å². The minimum atomic E-state index is -0.257. The summed E-state index contributed by atoms with van der Waals surface area (Å²) in [6.45, 7) is 5.58. The van der Waals surface area contributed by atoms with Crippen LogP contribution in [-0.2, 0) is 6.54 Å². The number of unbranched alkanes of at least 4 members (excludes halogenated alkanes) is 1. The second kappa shape index (κ2) is 10.4. The third-order valence-electron chi connectivity index (χ3n) is 6.05. The van der Waals surface area contributed by atoms with Gasteiger partial charge in [0.05, 0.1) is 0 Å². The van der Waals surface area contributed by atoms with Crippen molar-refractivity contribution in [2.45, 2.75) is 39.7 Å². The van der Waals surface area contributed by atoms with E-state index in [0.717, 1.165) is 40.6 Å². The van der Waals surface area contributed by atoms with Gasteiger partial charge in [0, 0.05) is 6.54 Å². The molecule has 1 aromatic heterocycles. The minimum Gasteiger partial charge on any atom is -0.345 e. The third-order valence-corrected chi connectivity index (χ3v) is 6.05. The Hall–Kier alpha value is -3.47. The van der Waals surface area contributed by atoms with Crippen LogP contribution < -0.4 is 9.88 Å². The molecule has 3 aromatic carbocycles. The molecule has 4 nitrogen and oxygen atoms in total. The van der Waals surface area contributed by atoms with E-state index in [1.54, 1.807) is 12.1 Å². The molecule has 0 saturated heterocycles. The number of H-pyrrole nitrogens is 1. The lowest BCUT2D eigenvalue weighted by Gasteiger charge is -2.11. The van der Waals surface area contributed by atoms with Crippen molar-refractivity contribution in [1.82, 2.24) is 10.3 Å². The van der Waals surface area contributed by atoms with Gasteiger partial charge in [0.1, 0.15) is 12.4 Å². The summed E-state index contributed by atoms with van der Waals surface area (Å²) in [5.74, 6) is 0.611. The highest BCUT2D eigenvalue weighted by Crippen LogP contribution is 2.23. The molecule has 2 N–H and O–H groups in total. The van der Waals surface area contributed by atoms with Gasteiger partial charge in [-0.1, -0.05) is 69.2 Å². The molecule has 4 rings (SSSR count). The van der Waals surface area contributed by atoms with E-state index in [0.29, 0.717) is 24.8 Å². The number of nitrogens with zero attached hydrogens (tertiary/aromatic N) is 1. The Labute approximate surface area is 194 Å². The summed E-state index contributed by atoms with van der Waals surface area (Å²) in [6.07, 6.45) is 3.44. The second-order valence-corrected chi connectivity index (χ2v) is 8.74. The number of aromatic amines is 1. The first kappa shape index (κ1) is 22.7. The summed E-state index contributed by atoms with van der Waals surface area (Å²) < 4.78 is 15.4. The van der Waals surface area contributed by atoms with Crippen LogP contribution in [-0.4, -0.2) is 17.4 Å². The zero-order valence-corrected chi connectivity index (χ0v) is 19.3. The Balaban J connectivity index is 1.69. The van der Waals surface area contributed by atoms with Gasteiger partial charge >= 0.3 is 11.7 Å². The molecular formula is C28H31FN3O+. The first-order chi connectivity index (χ1) is 16.0. The lowest BCUT2D eigenvalue weighted by Crippen LogP contribution is -2.44. The second-order valence-electron chi connectivity index (χ2n) is 8.74. The van der Waals surface area contributed by atoms with Crippen molar-refractivity contribution >= 4 is 16.9 Å². The molecule has 0 aliphatic heterocycles. The topological polar surface area (TPSA) is 48.8 Å². The molecule has 0 fully saturated rings. The van der Waals surface area contributed by atoms with Gasteiger partial charge in [-0.3, -0.25) is 4.79 Å². The maximum Gasteiger partial charge on any atom is 0.346 e. The smallest absolute Gasteiger partial charge is 0.345 e. The van der Waals surface area contributed by atoms with Crippen LogP contribution in [0.3, 0.4) is 0 Å². The van der Waals surface area contributed by atoms with Crippen LogP contribution in [0, 0.1) is 11.7 Å². The Bertz CT molecular complexity index is 1220. The zero-order chi connectivity index (χ0) is 23.2. The van der Waals surface area contributed by atoms with Crippen LogP contribution in [0.5, 0.6) is 0 Å². The van der Waals surface area contributed by atoms with E-state index >= 15 is 0 Å². The molecule has 0 aliphatic carbocycles. The highest BCUT2D eigenvalue weighted by atomic mass is 19.1. The van der Waals surface area contributed by atoms with Gasteiger partial charge in [-0.15, -0.1) is 0 Å². The van der Waals surface area contributed by atoms with Gasteiger partial charge in [0.15, 0.2) is 11.0 Å². The quantitative estimate of drug-likeness (QED) is 0.312. The lowest BCUT2D eigenvalue weighted by atomic mass is 10.0. The predicted molar refractivity (Wildman–Crippen MR) is 130 cm³/mol. The van der Waals surface area contributed by atoms with Crippen molar-refractivity contribution in [1.29, 1.82) is 0 Å². The van der Waals surface area contributed by atoms with Gasteiger partial charge in [0.25, 0.3) is 0 Å². The molecule has 0 spiro atoms. The van der Waals surface area contributed by atoms with Crippen molar-refractivity contribution in [3.05, 3.63) is 90.0 Å². The first-order valence-electron chi connectivity index (χ1n) is 11.7. The number of nitrogens with one attached hydrogen (secondary N) is 2. The van der Waals surface area contributed by atoms with Crippen LogP contribution in [0.4, 0.5) is 4.39 Å². The maximum absolute atomic E-state index is 13.4. The zero-order valence-electron chi connectivity index (χ0n) is 19.3. The van der Waals surface area contributed by atoms with Crippen LogP contribution in [0.1, 0.15) is 49.3 Å². The fraction of sp³-hybridized carbons (Fsp3) is 0.286. The van der Waals surface area contributed by atoms with E-state index in [1.807, 2.05) is 34.9 Å². The summed E-state index contributed by atoms with van der Waals surface area (Å²) in [7, 11) is 0. The van der Waals surface area contributed by atoms with Crippen LogP contribution >= 0.6 is 0 Å². The van der Waals surface area contributed by atoms with Gasteiger partial charge in [0.2, 0.25) is 0 Å². The van der Waals surface area contributed by atoms with Crippen LogP contribution in [0.2, 0.25) is 0 Å². The van der Waals surface area contributed by atoms with Crippen molar-refractivity contribution in [2.75, 3.05) is 6.54 Å². The predicted octanol–water partition coefficient (Wildman–Crippen LogP) is 5.87. The van der Waals surface area contributed by atoms with Crippen LogP contribution in [0.15, 0.2) is 72.8 Å². The van der Waals surface area contributed by atoms with Crippen molar-refractivity contribution < 1.29 is 13.8 Å². The SMILES string of the molecule is CCCC[C@H](C)CNC(=O)c1[nH]c2ccc(-c3ccc(F)cc3)cc2[n+]1Cc1ccccc1. The number of aromatic nitrogens is 2. The van der Waals surface area contributed by atoms with Crippen LogP contribution in [0.25, 0.3) is 22.2 Å². The third kappa shape index (κ3) is 5.48.